The second-order valence-corrected chi connectivity index (χ2v) is 5.05. The average Bonchev–Trinajstić information content (AvgIpc) is 2.35. The lowest BCUT2D eigenvalue weighted by atomic mass is 10.2. The van der Waals surface area contributed by atoms with Gasteiger partial charge in [-0.05, 0) is 34.0 Å². The number of methoxy groups -OCH3 is 1. The second-order valence-electron chi connectivity index (χ2n) is 4.26. The molecule has 0 aliphatic heterocycles. The van der Waals surface area contributed by atoms with Gasteiger partial charge in [-0.25, -0.2) is 0 Å². The Kier molecular flexibility index (Phi) is 5.98. The number of amides is 1. The van der Waals surface area contributed by atoms with Crippen LogP contribution in [0, 0.1) is 5.92 Å². The van der Waals surface area contributed by atoms with Crippen molar-refractivity contribution in [2.45, 2.75) is 13.8 Å². The van der Waals surface area contributed by atoms with Crippen molar-refractivity contribution in [3.05, 3.63) is 22.7 Å². The Hall–Kier alpha value is -1.23. The second kappa shape index (κ2) is 7.26. The molecule has 0 unspecified atom stereocenters. The summed E-state index contributed by atoms with van der Waals surface area (Å²) in [5, 5.41) is 2.79. The number of benzene rings is 1. The topological polar surface area (TPSA) is 47.6 Å². The monoisotopic (exact) mass is 315 g/mol. The van der Waals surface area contributed by atoms with Crippen molar-refractivity contribution in [2.75, 3.05) is 20.3 Å². The van der Waals surface area contributed by atoms with E-state index in [2.05, 4.69) is 21.2 Å². The standard InChI is InChI=1S/C13H18BrNO3/c1-9(2)7-15-12(16)8-18-11-6-4-5-10(17-3)13(11)14/h4-6,9H,7-8H2,1-3H3,(H,15,16). The Morgan fingerprint density at radius 3 is 2.67 bits per heavy atom. The van der Waals surface area contributed by atoms with Crippen LogP contribution in [0.1, 0.15) is 13.8 Å². The minimum atomic E-state index is -0.126. The van der Waals surface area contributed by atoms with Crippen LogP contribution < -0.4 is 14.8 Å². The molecule has 0 spiro atoms. The minimum absolute atomic E-state index is 0.00150. The number of rotatable bonds is 6. The van der Waals surface area contributed by atoms with Crippen LogP contribution in [0.25, 0.3) is 0 Å². The largest absolute Gasteiger partial charge is 0.495 e. The molecule has 18 heavy (non-hydrogen) atoms. The number of halogens is 1. The Morgan fingerprint density at radius 2 is 2.06 bits per heavy atom. The molecule has 4 nitrogen and oxygen atoms in total. The maximum Gasteiger partial charge on any atom is 0.257 e. The summed E-state index contributed by atoms with van der Waals surface area (Å²) in [6.45, 7) is 4.74. The molecular formula is C13H18BrNO3. The van der Waals surface area contributed by atoms with Gasteiger partial charge in [-0.3, -0.25) is 4.79 Å². The summed E-state index contributed by atoms with van der Waals surface area (Å²) < 4.78 is 11.3. The first-order chi connectivity index (χ1) is 8.54. The molecule has 0 saturated carbocycles. The summed E-state index contributed by atoms with van der Waals surface area (Å²) in [5.74, 6) is 1.57. The van der Waals surface area contributed by atoms with Crippen molar-refractivity contribution >= 4 is 21.8 Å². The van der Waals surface area contributed by atoms with Gasteiger partial charge in [0.25, 0.3) is 5.91 Å². The highest BCUT2D eigenvalue weighted by molar-refractivity contribution is 9.10. The lowest BCUT2D eigenvalue weighted by molar-refractivity contribution is -0.123. The third-order valence-corrected chi connectivity index (χ3v) is 3.00. The summed E-state index contributed by atoms with van der Waals surface area (Å²) in [7, 11) is 1.58. The van der Waals surface area contributed by atoms with Gasteiger partial charge >= 0.3 is 0 Å². The Labute approximate surface area is 116 Å². The summed E-state index contributed by atoms with van der Waals surface area (Å²) in [4.78, 5) is 11.5. The lowest BCUT2D eigenvalue weighted by Crippen LogP contribution is -2.31. The fourth-order valence-electron chi connectivity index (χ4n) is 1.27. The van der Waals surface area contributed by atoms with E-state index in [-0.39, 0.29) is 12.5 Å². The first-order valence-corrected chi connectivity index (χ1v) is 6.56. The summed E-state index contributed by atoms with van der Waals surface area (Å²) in [6, 6.07) is 5.41. The molecule has 0 aliphatic rings. The molecule has 1 aromatic rings. The van der Waals surface area contributed by atoms with E-state index >= 15 is 0 Å². The van der Waals surface area contributed by atoms with Gasteiger partial charge in [0.05, 0.1) is 7.11 Å². The molecule has 0 atom stereocenters. The quantitative estimate of drug-likeness (QED) is 0.877. The summed E-state index contributed by atoms with van der Waals surface area (Å²) in [5.41, 5.74) is 0. The molecule has 0 saturated heterocycles. The smallest absolute Gasteiger partial charge is 0.257 e. The number of carbonyl (C=O) groups excluding carboxylic acids is 1. The van der Waals surface area contributed by atoms with Crippen molar-refractivity contribution in [1.29, 1.82) is 0 Å². The van der Waals surface area contributed by atoms with E-state index in [4.69, 9.17) is 9.47 Å². The van der Waals surface area contributed by atoms with Crippen molar-refractivity contribution in [3.63, 3.8) is 0 Å². The Bertz CT molecular complexity index is 407. The molecule has 0 fully saturated rings. The van der Waals surface area contributed by atoms with Gasteiger partial charge in [0.1, 0.15) is 16.0 Å². The Balaban J connectivity index is 2.51. The van der Waals surface area contributed by atoms with Gasteiger partial charge in [0, 0.05) is 6.54 Å². The zero-order chi connectivity index (χ0) is 13.5. The first kappa shape index (κ1) is 14.8. The van der Waals surface area contributed by atoms with Crippen LogP contribution >= 0.6 is 15.9 Å². The highest BCUT2D eigenvalue weighted by Gasteiger charge is 2.09. The normalized spacial score (nSPS) is 10.3. The van der Waals surface area contributed by atoms with E-state index in [1.54, 1.807) is 13.2 Å². The van der Waals surface area contributed by atoms with Gasteiger partial charge in [-0.1, -0.05) is 19.9 Å². The van der Waals surface area contributed by atoms with E-state index < -0.39 is 0 Å². The van der Waals surface area contributed by atoms with Gasteiger partial charge in [-0.15, -0.1) is 0 Å². The molecule has 0 aromatic heterocycles. The fourth-order valence-corrected chi connectivity index (χ4v) is 1.81. The van der Waals surface area contributed by atoms with Gasteiger partial charge in [0.15, 0.2) is 6.61 Å². The zero-order valence-electron chi connectivity index (χ0n) is 10.8. The molecule has 0 radical (unpaired) electrons. The molecule has 0 aliphatic carbocycles. The maximum absolute atomic E-state index is 11.5. The lowest BCUT2D eigenvalue weighted by Gasteiger charge is -2.11. The average molecular weight is 316 g/mol. The van der Waals surface area contributed by atoms with Crippen LogP contribution in [0.4, 0.5) is 0 Å². The third-order valence-electron chi connectivity index (χ3n) is 2.21. The van der Waals surface area contributed by atoms with Crippen molar-refractivity contribution in [1.82, 2.24) is 5.32 Å². The molecule has 0 heterocycles. The molecule has 0 bridgehead atoms. The molecule has 5 heteroatoms. The number of hydrogen-bond donors (Lipinski definition) is 1. The molecular weight excluding hydrogens is 298 g/mol. The van der Waals surface area contributed by atoms with Gasteiger partial charge in [-0.2, -0.15) is 0 Å². The molecule has 1 N–H and O–H groups in total. The van der Waals surface area contributed by atoms with Crippen molar-refractivity contribution in [2.24, 2.45) is 5.92 Å². The van der Waals surface area contributed by atoms with Crippen LogP contribution in [0.3, 0.4) is 0 Å². The van der Waals surface area contributed by atoms with Crippen LogP contribution in [0.2, 0.25) is 0 Å². The SMILES string of the molecule is COc1cccc(OCC(=O)NCC(C)C)c1Br. The maximum atomic E-state index is 11.5. The Morgan fingerprint density at radius 1 is 1.39 bits per heavy atom. The fraction of sp³-hybridized carbons (Fsp3) is 0.462. The number of hydrogen-bond acceptors (Lipinski definition) is 3. The van der Waals surface area contributed by atoms with E-state index in [1.807, 2.05) is 26.0 Å². The van der Waals surface area contributed by atoms with E-state index in [0.29, 0.717) is 28.4 Å². The van der Waals surface area contributed by atoms with E-state index in [1.165, 1.54) is 0 Å². The molecule has 100 valence electrons. The summed E-state index contributed by atoms with van der Waals surface area (Å²) >= 11 is 3.37. The first-order valence-electron chi connectivity index (χ1n) is 5.76. The molecule has 1 amide bonds. The number of carbonyl (C=O) groups is 1. The van der Waals surface area contributed by atoms with Crippen molar-refractivity contribution < 1.29 is 14.3 Å². The van der Waals surface area contributed by atoms with Crippen LogP contribution in [0.15, 0.2) is 22.7 Å². The minimum Gasteiger partial charge on any atom is -0.495 e. The predicted octanol–water partition coefficient (Wildman–Crippen LogP) is 2.61. The number of nitrogens with one attached hydrogen (secondary N) is 1. The highest BCUT2D eigenvalue weighted by Crippen LogP contribution is 2.33. The van der Waals surface area contributed by atoms with E-state index in [0.717, 1.165) is 0 Å². The summed E-state index contributed by atoms with van der Waals surface area (Å²) in [6.07, 6.45) is 0. The van der Waals surface area contributed by atoms with E-state index in [9.17, 15) is 4.79 Å². The zero-order valence-corrected chi connectivity index (χ0v) is 12.4. The molecule has 1 rings (SSSR count). The van der Waals surface area contributed by atoms with Crippen LogP contribution in [-0.4, -0.2) is 26.2 Å². The highest BCUT2D eigenvalue weighted by atomic mass is 79.9. The van der Waals surface area contributed by atoms with Crippen LogP contribution in [0.5, 0.6) is 11.5 Å². The predicted molar refractivity (Wildman–Crippen MR) is 74.0 cm³/mol. The number of ether oxygens (including phenoxy) is 2. The van der Waals surface area contributed by atoms with Crippen LogP contribution in [-0.2, 0) is 4.79 Å². The van der Waals surface area contributed by atoms with Gasteiger partial charge < -0.3 is 14.8 Å². The van der Waals surface area contributed by atoms with Crippen molar-refractivity contribution in [3.8, 4) is 11.5 Å². The third kappa shape index (κ3) is 4.56. The molecule has 1 aromatic carbocycles. The van der Waals surface area contributed by atoms with Gasteiger partial charge in [0.2, 0.25) is 0 Å².